The van der Waals surface area contributed by atoms with Crippen LogP contribution in [0, 0.1) is 17.0 Å². The molecule has 0 radical (unpaired) electrons. The topological polar surface area (TPSA) is 93.9 Å². The molecule has 0 saturated carbocycles. The highest BCUT2D eigenvalue weighted by molar-refractivity contribution is 5.90. The standard InChI is InChI=1S/C20H23N3O5/c1-13-6-7-14(11-18(13)23(25)26)21-20(24)22-10-4-5-17(22)16-12-15(27-2)8-9-19(16)28-3/h6-9,11-12,17H,4-5,10H2,1-3H3,(H,21,24). The Balaban J connectivity index is 1.84. The lowest BCUT2D eigenvalue weighted by molar-refractivity contribution is -0.385. The largest absolute Gasteiger partial charge is 0.497 e. The lowest BCUT2D eigenvalue weighted by Crippen LogP contribution is -2.34. The third-order valence-corrected chi connectivity index (χ3v) is 4.97. The average molecular weight is 385 g/mol. The molecule has 1 saturated heterocycles. The van der Waals surface area contributed by atoms with E-state index in [0.717, 1.165) is 18.4 Å². The Kier molecular flexibility index (Phi) is 5.67. The number of nitrogens with one attached hydrogen (secondary N) is 1. The summed E-state index contributed by atoms with van der Waals surface area (Å²) >= 11 is 0. The first-order chi connectivity index (χ1) is 13.4. The number of methoxy groups -OCH3 is 2. The summed E-state index contributed by atoms with van der Waals surface area (Å²) in [6.07, 6.45) is 1.65. The molecule has 0 aliphatic carbocycles. The van der Waals surface area contributed by atoms with Crippen LogP contribution >= 0.6 is 0 Å². The highest BCUT2D eigenvalue weighted by Crippen LogP contribution is 2.39. The van der Waals surface area contributed by atoms with Gasteiger partial charge in [0.2, 0.25) is 0 Å². The molecule has 148 valence electrons. The fraction of sp³-hybridized carbons (Fsp3) is 0.350. The Bertz CT molecular complexity index is 899. The molecule has 1 fully saturated rings. The molecule has 1 atom stereocenters. The minimum Gasteiger partial charge on any atom is -0.497 e. The first kappa shape index (κ1) is 19.5. The first-order valence-electron chi connectivity index (χ1n) is 8.99. The first-order valence-corrected chi connectivity index (χ1v) is 8.99. The molecule has 3 rings (SSSR count). The average Bonchev–Trinajstić information content (AvgIpc) is 3.18. The Hall–Kier alpha value is -3.29. The zero-order valence-corrected chi connectivity index (χ0v) is 16.1. The molecule has 0 spiro atoms. The van der Waals surface area contributed by atoms with Crippen molar-refractivity contribution in [3.05, 3.63) is 57.6 Å². The molecule has 0 aromatic heterocycles. The summed E-state index contributed by atoms with van der Waals surface area (Å²) in [6, 6.07) is 9.73. The summed E-state index contributed by atoms with van der Waals surface area (Å²) in [5.74, 6) is 1.38. The van der Waals surface area contributed by atoms with Gasteiger partial charge in [0.05, 0.1) is 25.2 Å². The van der Waals surface area contributed by atoms with E-state index < -0.39 is 4.92 Å². The number of nitro groups is 1. The van der Waals surface area contributed by atoms with Gasteiger partial charge in [0.25, 0.3) is 5.69 Å². The Morgan fingerprint density at radius 2 is 2.00 bits per heavy atom. The summed E-state index contributed by atoms with van der Waals surface area (Å²) in [7, 11) is 3.19. The van der Waals surface area contributed by atoms with E-state index in [1.54, 1.807) is 38.2 Å². The highest BCUT2D eigenvalue weighted by Gasteiger charge is 2.32. The number of rotatable bonds is 5. The molecule has 1 aliphatic rings. The highest BCUT2D eigenvalue weighted by atomic mass is 16.6. The smallest absolute Gasteiger partial charge is 0.322 e. The molecule has 1 unspecified atom stereocenters. The number of carbonyl (C=O) groups is 1. The summed E-state index contributed by atoms with van der Waals surface area (Å²) in [5, 5.41) is 13.9. The number of likely N-dealkylation sites (tertiary alicyclic amines) is 1. The summed E-state index contributed by atoms with van der Waals surface area (Å²) in [5.41, 5.74) is 1.79. The molecule has 1 heterocycles. The number of hydrogen-bond acceptors (Lipinski definition) is 5. The van der Waals surface area contributed by atoms with Gasteiger partial charge in [-0.05, 0) is 44.0 Å². The number of nitrogens with zero attached hydrogens (tertiary/aromatic N) is 2. The van der Waals surface area contributed by atoms with Gasteiger partial charge in [-0.3, -0.25) is 10.1 Å². The van der Waals surface area contributed by atoms with Crippen LogP contribution in [0.3, 0.4) is 0 Å². The lowest BCUT2D eigenvalue weighted by atomic mass is 10.0. The van der Waals surface area contributed by atoms with Gasteiger partial charge < -0.3 is 19.7 Å². The Labute approximate surface area is 163 Å². The van der Waals surface area contributed by atoms with Gasteiger partial charge in [-0.15, -0.1) is 0 Å². The van der Waals surface area contributed by atoms with E-state index in [2.05, 4.69) is 5.32 Å². The molecule has 1 aliphatic heterocycles. The molecule has 8 nitrogen and oxygen atoms in total. The van der Waals surface area contributed by atoms with Crippen LogP contribution in [0.4, 0.5) is 16.2 Å². The number of carbonyl (C=O) groups excluding carboxylic acids is 1. The van der Waals surface area contributed by atoms with E-state index in [4.69, 9.17) is 9.47 Å². The van der Waals surface area contributed by atoms with Crippen molar-refractivity contribution in [2.45, 2.75) is 25.8 Å². The van der Waals surface area contributed by atoms with Crippen molar-refractivity contribution >= 4 is 17.4 Å². The van der Waals surface area contributed by atoms with E-state index in [9.17, 15) is 14.9 Å². The molecule has 1 N–H and O–H groups in total. The quantitative estimate of drug-likeness (QED) is 0.612. The maximum atomic E-state index is 12.9. The number of urea groups is 1. The maximum Gasteiger partial charge on any atom is 0.322 e. The van der Waals surface area contributed by atoms with Gasteiger partial charge in [0.15, 0.2) is 0 Å². The van der Waals surface area contributed by atoms with Crippen molar-refractivity contribution in [1.82, 2.24) is 4.90 Å². The number of amides is 2. The van der Waals surface area contributed by atoms with Gasteiger partial charge in [0, 0.05) is 29.4 Å². The van der Waals surface area contributed by atoms with Crippen molar-refractivity contribution in [2.75, 3.05) is 26.1 Å². The second-order valence-corrected chi connectivity index (χ2v) is 6.65. The van der Waals surface area contributed by atoms with Crippen LogP contribution in [0.5, 0.6) is 11.5 Å². The normalized spacial score (nSPS) is 16.0. The number of anilines is 1. The molecule has 0 bridgehead atoms. The molecule has 8 heteroatoms. The second kappa shape index (κ2) is 8.16. The van der Waals surface area contributed by atoms with E-state index in [-0.39, 0.29) is 17.8 Å². The van der Waals surface area contributed by atoms with E-state index >= 15 is 0 Å². The van der Waals surface area contributed by atoms with Gasteiger partial charge >= 0.3 is 6.03 Å². The van der Waals surface area contributed by atoms with Gasteiger partial charge in [-0.2, -0.15) is 0 Å². The van der Waals surface area contributed by atoms with Crippen molar-refractivity contribution < 1.29 is 19.2 Å². The SMILES string of the molecule is COc1ccc(OC)c(C2CCCN2C(=O)Nc2ccc(C)c([N+](=O)[O-])c2)c1. The molecular formula is C20H23N3O5. The third kappa shape index (κ3) is 3.85. The predicted molar refractivity (Wildman–Crippen MR) is 105 cm³/mol. The molecule has 2 amide bonds. The summed E-state index contributed by atoms with van der Waals surface area (Å²) < 4.78 is 10.8. The summed E-state index contributed by atoms with van der Waals surface area (Å²) in [4.78, 5) is 25.3. The van der Waals surface area contributed by atoms with Gasteiger partial charge in [0.1, 0.15) is 11.5 Å². The van der Waals surface area contributed by atoms with E-state index in [0.29, 0.717) is 29.3 Å². The number of nitro benzene ring substituents is 1. The minimum absolute atomic E-state index is 0.0229. The lowest BCUT2D eigenvalue weighted by Gasteiger charge is -2.27. The molecular weight excluding hydrogens is 362 g/mol. The fourth-order valence-corrected chi connectivity index (χ4v) is 3.51. The van der Waals surface area contributed by atoms with Gasteiger partial charge in [-0.1, -0.05) is 6.07 Å². The molecule has 2 aromatic carbocycles. The van der Waals surface area contributed by atoms with Crippen LogP contribution in [0.25, 0.3) is 0 Å². The van der Waals surface area contributed by atoms with Crippen molar-refractivity contribution in [3.8, 4) is 11.5 Å². The monoisotopic (exact) mass is 385 g/mol. The Morgan fingerprint density at radius 3 is 2.68 bits per heavy atom. The number of aryl methyl sites for hydroxylation is 1. The Morgan fingerprint density at radius 1 is 1.21 bits per heavy atom. The third-order valence-electron chi connectivity index (χ3n) is 4.97. The van der Waals surface area contributed by atoms with Crippen molar-refractivity contribution in [1.29, 1.82) is 0 Å². The second-order valence-electron chi connectivity index (χ2n) is 6.65. The van der Waals surface area contributed by atoms with Crippen LogP contribution in [-0.2, 0) is 0 Å². The van der Waals surface area contributed by atoms with Crippen LogP contribution in [-0.4, -0.2) is 36.6 Å². The minimum atomic E-state index is -0.454. The van der Waals surface area contributed by atoms with Gasteiger partial charge in [-0.25, -0.2) is 4.79 Å². The fourth-order valence-electron chi connectivity index (χ4n) is 3.51. The number of hydrogen-bond donors (Lipinski definition) is 1. The molecule has 2 aromatic rings. The van der Waals surface area contributed by atoms with Crippen LogP contribution < -0.4 is 14.8 Å². The summed E-state index contributed by atoms with van der Waals surface area (Å²) in [6.45, 7) is 2.25. The molecule has 28 heavy (non-hydrogen) atoms. The maximum absolute atomic E-state index is 12.9. The van der Waals surface area contributed by atoms with Crippen LogP contribution in [0.1, 0.15) is 30.0 Å². The number of ether oxygens (including phenoxy) is 2. The van der Waals surface area contributed by atoms with Crippen molar-refractivity contribution in [3.63, 3.8) is 0 Å². The van der Waals surface area contributed by atoms with Crippen LogP contribution in [0.2, 0.25) is 0 Å². The predicted octanol–water partition coefficient (Wildman–Crippen LogP) is 4.29. The number of benzene rings is 2. The van der Waals surface area contributed by atoms with Crippen LogP contribution in [0.15, 0.2) is 36.4 Å². The van der Waals surface area contributed by atoms with E-state index in [1.165, 1.54) is 6.07 Å². The van der Waals surface area contributed by atoms with Crippen molar-refractivity contribution in [2.24, 2.45) is 0 Å². The zero-order valence-electron chi connectivity index (χ0n) is 16.1. The zero-order chi connectivity index (χ0) is 20.3. The van der Waals surface area contributed by atoms with E-state index in [1.807, 2.05) is 18.2 Å².